The Morgan fingerprint density at radius 3 is 2.94 bits per heavy atom. The van der Waals surface area contributed by atoms with Crippen LogP contribution in [-0.4, -0.2) is 25.5 Å². The number of aromatic nitrogens is 4. The van der Waals surface area contributed by atoms with Crippen LogP contribution in [0.4, 0.5) is 0 Å². The van der Waals surface area contributed by atoms with Crippen molar-refractivity contribution >= 4 is 5.78 Å². The Labute approximate surface area is 99.5 Å². The maximum Gasteiger partial charge on any atom is 0.170 e. The number of Topliss-reactive ketones (excluding diaryl/α,β-unsaturated/α-hetero) is 1. The summed E-state index contributed by atoms with van der Waals surface area (Å²) < 4.78 is 1.73. The van der Waals surface area contributed by atoms with Gasteiger partial charge < -0.3 is 0 Å². The van der Waals surface area contributed by atoms with Gasteiger partial charge in [-0.2, -0.15) is 5.10 Å². The fourth-order valence-electron chi connectivity index (χ4n) is 1.65. The third-order valence-corrected chi connectivity index (χ3v) is 2.53. The lowest BCUT2D eigenvalue weighted by Crippen LogP contribution is -2.11. The van der Waals surface area contributed by atoms with Gasteiger partial charge in [-0.1, -0.05) is 0 Å². The van der Waals surface area contributed by atoms with Gasteiger partial charge in [0.25, 0.3) is 0 Å². The molecule has 2 aromatic rings. The zero-order valence-electron chi connectivity index (χ0n) is 9.92. The van der Waals surface area contributed by atoms with Gasteiger partial charge in [0.1, 0.15) is 12.2 Å². The summed E-state index contributed by atoms with van der Waals surface area (Å²) in [7, 11) is 0. The first kappa shape index (κ1) is 11.4. The molecule has 17 heavy (non-hydrogen) atoms. The predicted octanol–water partition coefficient (Wildman–Crippen LogP) is 1.43. The predicted molar refractivity (Wildman–Crippen MR) is 62.7 cm³/mol. The number of carbonyl (C=O) groups is 1. The van der Waals surface area contributed by atoms with Crippen LogP contribution in [0.3, 0.4) is 0 Å². The highest BCUT2D eigenvalue weighted by molar-refractivity contribution is 5.97. The van der Waals surface area contributed by atoms with E-state index in [1.54, 1.807) is 23.0 Å². The van der Waals surface area contributed by atoms with Crippen molar-refractivity contribution in [3.8, 4) is 0 Å². The van der Waals surface area contributed by atoms with E-state index in [1.165, 1.54) is 6.33 Å². The van der Waals surface area contributed by atoms with Gasteiger partial charge in [-0.25, -0.2) is 9.67 Å². The van der Waals surface area contributed by atoms with Crippen LogP contribution < -0.4 is 0 Å². The number of ketones is 1. The van der Waals surface area contributed by atoms with Crippen LogP contribution in [0.15, 0.2) is 24.7 Å². The van der Waals surface area contributed by atoms with E-state index in [9.17, 15) is 4.79 Å². The number of rotatable bonds is 4. The average Bonchev–Trinajstić information content (AvgIpc) is 2.76. The molecule has 2 heterocycles. The maximum absolute atomic E-state index is 12.0. The molecule has 0 saturated heterocycles. The van der Waals surface area contributed by atoms with Gasteiger partial charge in [0.05, 0.1) is 6.42 Å². The van der Waals surface area contributed by atoms with E-state index < -0.39 is 0 Å². The summed E-state index contributed by atoms with van der Waals surface area (Å²) in [6.07, 6.45) is 3.40. The van der Waals surface area contributed by atoms with Gasteiger partial charge in [0.15, 0.2) is 5.78 Å². The number of nitrogens with zero attached hydrogens (tertiary/aromatic N) is 4. The molecule has 0 amide bonds. The summed E-state index contributed by atoms with van der Waals surface area (Å²) in [5, 5.41) is 4.04. The first-order chi connectivity index (χ1) is 8.20. The van der Waals surface area contributed by atoms with E-state index in [2.05, 4.69) is 15.1 Å². The molecule has 0 unspecified atom stereocenters. The molecule has 0 aromatic carbocycles. The molecule has 2 aromatic heterocycles. The van der Waals surface area contributed by atoms with Gasteiger partial charge >= 0.3 is 0 Å². The standard InChI is InChI=1S/C12H14N4O/c1-3-16-12(14-8-15-16)7-11(17)10-4-5-13-9(2)6-10/h4-6,8H,3,7H2,1-2H3. The molecule has 0 bridgehead atoms. The average molecular weight is 230 g/mol. The maximum atomic E-state index is 12.0. The summed E-state index contributed by atoms with van der Waals surface area (Å²) >= 11 is 0. The van der Waals surface area contributed by atoms with Gasteiger partial charge in [-0.3, -0.25) is 9.78 Å². The van der Waals surface area contributed by atoms with Crippen molar-refractivity contribution in [2.75, 3.05) is 0 Å². The van der Waals surface area contributed by atoms with Gasteiger partial charge in [0, 0.05) is 24.0 Å². The number of hydrogen-bond donors (Lipinski definition) is 0. The quantitative estimate of drug-likeness (QED) is 0.745. The molecule has 0 spiro atoms. The molecule has 2 rings (SSSR count). The topological polar surface area (TPSA) is 60.7 Å². The molecule has 0 fully saturated rings. The Kier molecular flexibility index (Phi) is 3.27. The first-order valence-corrected chi connectivity index (χ1v) is 5.53. The van der Waals surface area contributed by atoms with Crippen molar-refractivity contribution in [2.24, 2.45) is 0 Å². The SMILES string of the molecule is CCn1ncnc1CC(=O)c1ccnc(C)c1. The number of carbonyl (C=O) groups excluding carboxylic acids is 1. The van der Waals surface area contributed by atoms with E-state index in [0.717, 1.165) is 12.2 Å². The van der Waals surface area contributed by atoms with E-state index in [-0.39, 0.29) is 12.2 Å². The van der Waals surface area contributed by atoms with Gasteiger partial charge in [-0.05, 0) is 26.0 Å². The molecule has 0 saturated carbocycles. The highest BCUT2D eigenvalue weighted by Crippen LogP contribution is 2.06. The summed E-state index contributed by atoms with van der Waals surface area (Å²) in [5.74, 6) is 0.741. The zero-order valence-corrected chi connectivity index (χ0v) is 9.92. The molecule has 0 aliphatic heterocycles. The van der Waals surface area contributed by atoms with Crippen LogP contribution in [0.5, 0.6) is 0 Å². The van der Waals surface area contributed by atoms with Crippen molar-refractivity contribution < 1.29 is 4.79 Å². The number of hydrogen-bond acceptors (Lipinski definition) is 4. The molecule has 88 valence electrons. The van der Waals surface area contributed by atoms with E-state index in [0.29, 0.717) is 11.4 Å². The summed E-state index contributed by atoms with van der Waals surface area (Å²) in [5.41, 5.74) is 1.51. The van der Waals surface area contributed by atoms with Crippen molar-refractivity contribution in [3.05, 3.63) is 41.7 Å². The Hall–Kier alpha value is -2.04. The van der Waals surface area contributed by atoms with E-state index in [4.69, 9.17) is 0 Å². The van der Waals surface area contributed by atoms with Crippen molar-refractivity contribution in [3.63, 3.8) is 0 Å². The summed E-state index contributed by atoms with van der Waals surface area (Å²) in [4.78, 5) is 20.2. The van der Waals surface area contributed by atoms with Gasteiger partial charge in [0.2, 0.25) is 0 Å². The Morgan fingerprint density at radius 1 is 1.41 bits per heavy atom. The Balaban J connectivity index is 2.17. The summed E-state index contributed by atoms with van der Waals surface area (Å²) in [6, 6.07) is 3.51. The second-order valence-electron chi connectivity index (χ2n) is 3.78. The second-order valence-corrected chi connectivity index (χ2v) is 3.78. The number of aryl methyl sites for hydroxylation is 2. The van der Waals surface area contributed by atoms with Crippen LogP contribution in [0.1, 0.15) is 28.8 Å². The number of pyridine rings is 1. The molecule has 0 atom stereocenters. The second kappa shape index (κ2) is 4.86. The van der Waals surface area contributed by atoms with E-state index >= 15 is 0 Å². The minimum absolute atomic E-state index is 0.0400. The van der Waals surface area contributed by atoms with Crippen molar-refractivity contribution in [2.45, 2.75) is 26.8 Å². The smallest absolute Gasteiger partial charge is 0.170 e. The molecule has 5 nitrogen and oxygen atoms in total. The normalized spacial score (nSPS) is 10.5. The monoisotopic (exact) mass is 230 g/mol. The van der Waals surface area contributed by atoms with Crippen LogP contribution in [0.25, 0.3) is 0 Å². The first-order valence-electron chi connectivity index (χ1n) is 5.53. The lowest BCUT2D eigenvalue weighted by atomic mass is 10.1. The fraction of sp³-hybridized carbons (Fsp3) is 0.333. The molecular weight excluding hydrogens is 216 g/mol. The third kappa shape index (κ3) is 2.55. The van der Waals surface area contributed by atoms with Crippen molar-refractivity contribution in [1.29, 1.82) is 0 Å². The van der Waals surface area contributed by atoms with Crippen LogP contribution in [0, 0.1) is 6.92 Å². The Morgan fingerprint density at radius 2 is 2.24 bits per heavy atom. The molecule has 0 aliphatic rings. The Bertz CT molecular complexity index is 533. The minimum Gasteiger partial charge on any atom is -0.294 e. The van der Waals surface area contributed by atoms with Crippen LogP contribution in [0.2, 0.25) is 0 Å². The molecule has 0 radical (unpaired) electrons. The molecular formula is C12H14N4O. The highest BCUT2D eigenvalue weighted by atomic mass is 16.1. The third-order valence-electron chi connectivity index (χ3n) is 2.53. The molecule has 5 heteroatoms. The van der Waals surface area contributed by atoms with Gasteiger partial charge in [-0.15, -0.1) is 0 Å². The van der Waals surface area contributed by atoms with Crippen LogP contribution in [-0.2, 0) is 13.0 Å². The van der Waals surface area contributed by atoms with E-state index in [1.807, 2.05) is 13.8 Å². The zero-order chi connectivity index (χ0) is 12.3. The van der Waals surface area contributed by atoms with Crippen molar-refractivity contribution in [1.82, 2.24) is 19.7 Å². The summed E-state index contributed by atoms with van der Waals surface area (Å²) in [6.45, 7) is 4.56. The lowest BCUT2D eigenvalue weighted by Gasteiger charge is -2.03. The van der Waals surface area contributed by atoms with Crippen LogP contribution >= 0.6 is 0 Å². The lowest BCUT2D eigenvalue weighted by molar-refractivity contribution is 0.0989. The highest BCUT2D eigenvalue weighted by Gasteiger charge is 2.11. The largest absolute Gasteiger partial charge is 0.294 e. The minimum atomic E-state index is 0.0400. The molecule has 0 aliphatic carbocycles. The fourth-order valence-corrected chi connectivity index (χ4v) is 1.65. The molecule has 0 N–H and O–H groups in total.